The lowest BCUT2D eigenvalue weighted by Crippen LogP contribution is -2.22. The van der Waals surface area contributed by atoms with E-state index >= 15 is 0 Å². The van der Waals surface area contributed by atoms with Gasteiger partial charge in [0.05, 0.1) is 11.3 Å². The molecule has 8 heteroatoms. The van der Waals surface area contributed by atoms with Gasteiger partial charge in [0, 0.05) is 20.6 Å². The zero-order valence-corrected chi connectivity index (χ0v) is 13.7. The normalized spacial score (nSPS) is 10.5. The Kier molecular flexibility index (Phi) is 6.44. The molecular formula is C13H23N5O2S. The van der Waals surface area contributed by atoms with Crippen molar-refractivity contribution in [2.45, 2.75) is 6.42 Å². The van der Waals surface area contributed by atoms with Gasteiger partial charge in [0.15, 0.2) is 0 Å². The van der Waals surface area contributed by atoms with E-state index < -0.39 is 0 Å². The number of anilines is 2. The third kappa shape index (κ3) is 4.33. The summed E-state index contributed by atoms with van der Waals surface area (Å²) in [6.07, 6.45) is 0.924. The van der Waals surface area contributed by atoms with E-state index in [1.807, 2.05) is 14.1 Å². The van der Waals surface area contributed by atoms with Gasteiger partial charge in [-0.15, -0.1) is 11.3 Å². The Morgan fingerprint density at radius 1 is 1.19 bits per heavy atom. The fourth-order valence-electron chi connectivity index (χ4n) is 1.80. The summed E-state index contributed by atoms with van der Waals surface area (Å²) in [5.41, 5.74) is 6.51. The fraction of sp³-hybridized carbons (Fsp3) is 0.538. The molecule has 1 rings (SSSR count). The first kappa shape index (κ1) is 17.3. The zero-order chi connectivity index (χ0) is 16.0. The van der Waals surface area contributed by atoms with Crippen LogP contribution in [0.25, 0.3) is 0 Å². The number of nitrogens with zero attached hydrogens (tertiary/aromatic N) is 1. The first-order valence-electron chi connectivity index (χ1n) is 6.67. The predicted molar refractivity (Wildman–Crippen MR) is 87.2 cm³/mol. The molecular weight excluding hydrogens is 290 g/mol. The van der Waals surface area contributed by atoms with Crippen LogP contribution in [0.2, 0.25) is 0 Å². The van der Waals surface area contributed by atoms with Crippen molar-refractivity contribution in [2.24, 2.45) is 0 Å². The number of carbonyl (C=O) groups excluding carboxylic acids is 2. The minimum absolute atomic E-state index is 0.216. The molecule has 1 aromatic rings. The molecule has 5 N–H and O–H groups in total. The smallest absolute Gasteiger partial charge is 0.263 e. The Labute approximate surface area is 128 Å². The van der Waals surface area contributed by atoms with Gasteiger partial charge in [-0.2, -0.15) is 0 Å². The highest BCUT2D eigenvalue weighted by Gasteiger charge is 2.24. The van der Waals surface area contributed by atoms with Crippen LogP contribution in [0.4, 0.5) is 10.7 Å². The van der Waals surface area contributed by atoms with E-state index in [0.717, 1.165) is 13.0 Å². The van der Waals surface area contributed by atoms with Gasteiger partial charge < -0.3 is 26.6 Å². The number of hydrogen-bond acceptors (Lipinski definition) is 6. The Morgan fingerprint density at radius 2 is 1.81 bits per heavy atom. The maximum Gasteiger partial charge on any atom is 0.263 e. The van der Waals surface area contributed by atoms with Crippen LogP contribution in [0.5, 0.6) is 0 Å². The van der Waals surface area contributed by atoms with Crippen molar-refractivity contribution in [3.8, 4) is 0 Å². The lowest BCUT2D eigenvalue weighted by Gasteiger charge is -2.10. The molecule has 21 heavy (non-hydrogen) atoms. The van der Waals surface area contributed by atoms with E-state index in [1.54, 1.807) is 0 Å². The van der Waals surface area contributed by atoms with Gasteiger partial charge in [-0.1, -0.05) is 0 Å². The lowest BCUT2D eigenvalue weighted by atomic mass is 10.2. The number of nitrogens with one attached hydrogen (secondary N) is 3. The van der Waals surface area contributed by atoms with Crippen molar-refractivity contribution in [3.05, 3.63) is 10.4 Å². The maximum absolute atomic E-state index is 12.0. The molecule has 1 aromatic heterocycles. The summed E-state index contributed by atoms with van der Waals surface area (Å²) in [6, 6.07) is 0. The van der Waals surface area contributed by atoms with Crippen LogP contribution in [-0.2, 0) is 0 Å². The number of carbonyl (C=O) groups is 2. The molecule has 0 spiro atoms. The topological polar surface area (TPSA) is 99.5 Å². The van der Waals surface area contributed by atoms with Crippen molar-refractivity contribution in [2.75, 3.05) is 52.3 Å². The summed E-state index contributed by atoms with van der Waals surface area (Å²) in [4.78, 5) is 26.2. The highest BCUT2D eigenvalue weighted by molar-refractivity contribution is 7.19. The van der Waals surface area contributed by atoms with Crippen LogP contribution in [0.15, 0.2) is 0 Å². The second-order valence-corrected chi connectivity index (χ2v) is 5.81. The second kappa shape index (κ2) is 7.84. The van der Waals surface area contributed by atoms with Gasteiger partial charge in [0.2, 0.25) is 0 Å². The van der Waals surface area contributed by atoms with E-state index in [9.17, 15) is 9.59 Å². The Hall–Kier alpha value is -1.80. The number of nitrogens with two attached hydrogens (primary N) is 1. The molecule has 0 fully saturated rings. The van der Waals surface area contributed by atoms with Gasteiger partial charge in [-0.3, -0.25) is 9.59 Å². The number of nitrogen functional groups attached to an aromatic ring is 1. The van der Waals surface area contributed by atoms with E-state index in [4.69, 9.17) is 5.73 Å². The average molecular weight is 313 g/mol. The van der Waals surface area contributed by atoms with Crippen molar-refractivity contribution >= 4 is 33.8 Å². The molecule has 118 valence electrons. The first-order chi connectivity index (χ1) is 9.92. The third-order valence-electron chi connectivity index (χ3n) is 2.90. The molecule has 1 heterocycles. The molecule has 7 nitrogen and oxygen atoms in total. The highest BCUT2D eigenvalue weighted by atomic mass is 32.1. The SMILES string of the molecule is CNC(=O)c1sc(NCCCN(C)C)c(C(=O)NC)c1N. The zero-order valence-electron chi connectivity index (χ0n) is 12.9. The number of thiophene rings is 1. The van der Waals surface area contributed by atoms with Crippen LogP contribution < -0.4 is 21.7 Å². The van der Waals surface area contributed by atoms with Crippen LogP contribution >= 0.6 is 11.3 Å². The quantitative estimate of drug-likeness (QED) is 0.547. The van der Waals surface area contributed by atoms with Crippen LogP contribution in [0, 0.1) is 0 Å². The summed E-state index contributed by atoms with van der Waals surface area (Å²) < 4.78 is 0. The Balaban J connectivity index is 2.95. The van der Waals surface area contributed by atoms with Crippen molar-refractivity contribution in [1.82, 2.24) is 15.5 Å². The fourth-order valence-corrected chi connectivity index (χ4v) is 2.89. The molecule has 0 saturated heterocycles. The van der Waals surface area contributed by atoms with Crippen molar-refractivity contribution in [1.29, 1.82) is 0 Å². The summed E-state index contributed by atoms with van der Waals surface area (Å²) in [7, 11) is 7.08. The summed E-state index contributed by atoms with van der Waals surface area (Å²) in [5, 5.41) is 8.90. The van der Waals surface area contributed by atoms with Gasteiger partial charge >= 0.3 is 0 Å². The van der Waals surface area contributed by atoms with E-state index in [2.05, 4.69) is 20.9 Å². The molecule has 0 saturated carbocycles. The summed E-state index contributed by atoms with van der Waals surface area (Å²) in [6.45, 7) is 1.64. The van der Waals surface area contributed by atoms with E-state index in [0.29, 0.717) is 22.0 Å². The number of amides is 2. The van der Waals surface area contributed by atoms with Gasteiger partial charge in [0.25, 0.3) is 11.8 Å². The third-order valence-corrected chi connectivity index (χ3v) is 4.06. The largest absolute Gasteiger partial charge is 0.397 e. The van der Waals surface area contributed by atoms with Gasteiger partial charge in [-0.25, -0.2) is 0 Å². The second-order valence-electron chi connectivity index (χ2n) is 4.79. The molecule has 0 atom stereocenters. The molecule has 0 unspecified atom stereocenters. The predicted octanol–water partition coefficient (Wildman–Crippen LogP) is 0.413. The van der Waals surface area contributed by atoms with Crippen molar-refractivity contribution in [3.63, 3.8) is 0 Å². The summed E-state index contributed by atoms with van der Waals surface area (Å²) >= 11 is 1.20. The monoisotopic (exact) mass is 313 g/mol. The maximum atomic E-state index is 12.0. The minimum atomic E-state index is -0.297. The molecule has 0 bridgehead atoms. The van der Waals surface area contributed by atoms with Gasteiger partial charge in [0.1, 0.15) is 9.88 Å². The molecule has 0 aliphatic heterocycles. The lowest BCUT2D eigenvalue weighted by molar-refractivity contribution is 0.0963. The van der Waals surface area contributed by atoms with Crippen LogP contribution in [0.3, 0.4) is 0 Å². The number of rotatable bonds is 7. The summed E-state index contributed by atoms with van der Waals surface area (Å²) in [5.74, 6) is -0.585. The van der Waals surface area contributed by atoms with Crippen molar-refractivity contribution < 1.29 is 9.59 Å². The number of hydrogen-bond donors (Lipinski definition) is 4. The highest BCUT2D eigenvalue weighted by Crippen LogP contribution is 2.35. The average Bonchev–Trinajstić information content (AvgIpc) is 2.78. The van der Waals surface area contributed by atoms with E-state index in [-0.39, 0.29) is 17.5 Å². The molecule has 0 aliphatic rings. The standard InChI is InChI=1S/C13H23N5O2S/c1-15-11(19)8-9(14)10(12(20)16-2)21-13(8)17-6-5-7-18(3)4/h17H,5-7,14H2,1-4H3,(H,15,19)(H,16,20). The molecule has 0 radical (unpaired) electrons. The Morgan fingerprint density at radius 3 is 2.33 bits per heavy atom. The molecule has 2 amide bonds. The van der Waals surface area contributed by atoms with Crippen LogP contribution in [-0.4, -0.2) is 58.0 Å². The molecule has 0 aromatic carbocycles. The molecule has 0 aliphatic carbocycles. The van der Waals surface area contributed by atoms with Crippen LogP contribution in [0.1, 0.15) is 26.5 Å². The van der Waals surface area contributed by atoms with E-state index in [1.165, 1.54) is 25.4 Å². The Bertz CT molecular complexity index is 513. The van der Waals surface area contributed by atoms with Gasteiger partial charge in [-0.05, 0) is 27.1 Å². The first-order valence-corrected chi connectivity index (χ1v) is 7.49. The minimum Gasteiger partial charge on any atom is -0.397 e.